The van der Waals surface area contributed by atoms with Gasteiger partial charge in [0.15, 0.2) is 10.8 Å². The molecule has 0 amide bonds. The van der Waals surface area contributed by atoms with Gasteiger partial charge in [0.2, 0.25) is 0 Å². The van der Waals surface area contributed by atoms with Crippen molar-refractivity contribution in [3.63, 3.8) is 0 Å². The number of aromatic nitrogens is 1. The summed E-state index contributed by atoms with van der Waals surface area (Å²) in [5.41, 5.74) is 1.17. The molecule has 3 aliphatic heterocycles. The number of aliphatic carboxylic acids is 1. The number of amidine groups is 1. The van der Waals surface area contributed by atoms with Crippen molar-refractivity contribution >= 4 is 29.1 Å². The molecule has 2 saturated heterocycles. The van der Waals surface area contributed by atoms with Crippen molar-refractivity contribution in [3.05, 3.63) is 63.0 Å². The van der Waals surface area contributed by atoms with Crippen molar-refractivity contribution in [1.29, 1.82) is 0 Å². The molecule has 2 aromatic rings. The van der Waals surface area contributed by atoms with Gasteiger partial charge in [0.05, 0.1) is 24.8 Å². The van der Waals surface area contributed by atoms with Crippen LogP contribution < -0.4 is 5.32 Å². The molecule has 1 aromatic carbocycles. The van der Waals surface area contributed by atoms with Crippen molar-refractivity contribution in [1.82, 2.24) is 20.1 Å². The topological polar surface area (TPSA) is 107 Å². The van der Waals surface area contributed by atoms with E-state index in [1.54, 1.807) is 36.4 Å². The quantitative estimate of drug-likeness (QED) is 0.460. The third-order valence-corrected chi connectivity index (χ3v) is 8.58. The van der Waals surface area contributed by atoms with Gasteiger partial charge in [0.25, 0.3) is 5.92 Å². The van der Waals surface area contributed by atoms with E-state index in [4.69, 9.17) is 9.73 Å². The minimum atomic E-state index is -3.17. The number of fused-ring (bicyclic) bond motifs is 1. The Bertz CT molecular complexity index is 1370. The van der Waals surface area contributed by atoms with Crippen molar-refractivity contribution in [3.8, 4) is 0 Å². The first kappa shape index (κ1) is 28.2. The summed E-state index contributed by atoms with van der Waals surface area (Å²) in [7, 11) is 0. The molecule has 5 rings (SSSR count). The summed E-state index contributed by atoms with van der Waals surface area (Å²) < 4.78 is 50.9. The standard InChI is InChI=1S/C27H30F3N5O4S/c1-4-39-26(38)20-18(12-34-13-27(29,30)22-19(34)8-10-35(22)15(3)25(36)37)32-23(24-31-9-11-40-24)33-21(20)16-6-5-7-17(28)14(16)2/h5-7,9,11,15,19,21-22H,4,8,10,12-13H2,1-3H3,(H,32,33)(H,36,37)/t15?,19-,21-,22+/m0/s1. The first-order valence-electron chi connectivity index (χ1n) is 13.0. The third-order valence-electron chi connectivity index (χ3n) is 7.80. The normalized spacial score (nSPS) is 25.4. The molecule has 0 radical (unpaired) electrons. The maximum absolute atomic E-state index is 15.4. The number of alkyl halides is 2. The van der Waals surface area contributed by atoms with E-state index in [1.807, 2.05) is 0 Å². The number of likely N-dealkylation sites (tertiary alicyclic amines) is 2. The summed E-state index contributed by atoms with van der Waals surface area (Å²) in [4.78, 5) is 37.0. The van der Waals surface area contributed by atoms with E-state index in [0.717, 1.165) is 0 Å². The van der Waals surface area contributed by atoms with Crippen LogP contribution in [-0.4, -0.2) is 88.0 Å². The zero-order valence-corrected chi connectivity index (χ0v) is 23.1. The Morgan fingerprint density at radius 3 is 2.80 bits per heavy atom. The van der Waals surface area contributed by atoms with Gasteiger partial charge in [-0.3, -0.25) is 19.6 Å². The number of carboxylic acids is 1. The van der Waals surface area contributed by atoms with Crippen LogP contribution in [0.1, 0.15) is 42.4 Å². The molecule has 2 N–H and O–H groups in total. The number of thiazole rings is 1. The van der Waals surface area contributed by atoms with E-state index in [0.29, 0.717) is 34.1 Å². The van der Waals surface area contributed by atoms with E-state index in [2.05, 4.69) is 10.3 Å². The van der Waals surface area contributed by atoms with Crippen molar-refractivity contribution in [2.45, 2.75) is 57.3 Å². The maximum Gasteiger partial charge on any atom is 0.338 e. The molecule has 2 fully saturated rings. The molecule has 0 spiro atoms. The Morgan fingerprint density at radius 1 is 1.35 bits per heavy atom. The highest BCUT2D eigenvalue weighted by molar-refractivity contribution is 7.11. The molecular formula is C27H30F3N5O4S. The zero-order valence-electron chi connectivity index (χ0n) is 22.2. The Morgan fingerprint density at radius 2 is 2.12 bits per heavy atom. The summed E-state index contributed by atoms with van der Waals surface area (Å²) in [6, 6.07) is 0.590. The number of benzene rings is 1. The largest absolute Gasteiger partial charge is 0.480 e. The Hall–Kier alpha value is -3.29. The first-order chi connectivity index (χ1) is 19.0. The molecule has 0 bridgehead atoms. The SMILES string of the molecule is CCOC(=O)C1=C(CN2CC(F)(F)[C@H]3[C@@H]2CCN3C(C)C(=O)O)NC(c2nccs2)=N[C@H]1c1cccc(F)c1C. The second-order valence-electron chi connectivity index (χ2n) is 10.1. The smallest absolute Gasteiger partial charge is 0.338 e. The number of hydrogen-bond donors (Lipinski definition) is 2. The number of rotatable bonds is 8. The minimum Gasteiger partial charge on any atom is -0.480 e. The minimum absolute atomic E-state index is 0.0715. The molecule has 40 heavy (non-hydrogen) atoms. The molecule has 1 unspecified atom stereocenters. The van der Waals surface area contributed by atoms with Gasteiger partial charge >= 0.3 is 11.9 Å². The molecule has 4 heterocycles. The average Bonchev–Trinajstić information content (AvgIpc) is 3.64. The van der Waals surface area contributed by atoms with Crippen LogP contribution in [0.3, 0.4) is 0 Å². The van der Waals surface area contributed by atoms with Crippen LogP contribution in [0.25, 0.3) is 0 Å². The van der Waals surface area contributed by atoms with Gasteiger partial charge in [-0.05, 0) is 44.4 Å². The number of nitrogens with zero attached hydrogens (tertiary/aromatic N) is 4. The molecule has 3 aliphatic rings. The third kappa shape index (κ3) is 5.01. The van der Waals surface area contributed by atoms with Gasteiger partial charge in [-0.1, -0.05) is 12.1 Å². The molecule has 4 atom stereocenters. The number of carbonyl (C=O) groups excluding carboxylic acids is 1. The van der Waals surface area contributed by atoms with Gasteiger partial charge < -0.3 is 15.2 Å². The maximum atomic E-state index is 15.4. The average molecular weight is 578 g/mol. The monoisotopic (exact) mass is 577 g/mol. The highest BCUT2D eigenvalue weighted by Gasteiger charge is 2.60. The Labute approximate surface area is 233 Å². The molecule has 9 nitrogen and oxygen atoms in total. The fraction of sp³-hybridized carbons (Fsp3) is 0.481. The fourth-order valence-electron chi connectivity index (χ4n) is 5.90. The molecular weight excluding hydrogens is 547 g/mol. The number of esters is 1. The van der Waals surface area contributed by atoms with Crippen LogP contribution in [-0.2, 0) is 14.3 Å². The Balaban J connectivity index is 1.58. The Kier molecular flexibility index (Phi) is 7.73. The van der Waals surface area contributed by atoms with E-state index in [9.17, 15) is 19.1 Å². The molecule has 13 heteroatoms. The van der Waals surface area contributed by atoms with Crippen molar-refractivity contribution in [2.24, 2.45) is 4.99 Å². The highest BCUT2D eigenvalue weighted by Crippen LogP contribution is 2.43. The van der Waals surface area contributed by atoms with Gasteiger partial charge in [-0.15, -0.1) is 11.3 Å². The van der Waals surface area contributed by atoms with Gasteiger partial charge in [0.1, 0.15) is 17.9 Å². The van der Waals surface area contributed by atoms with Crippen molar-refractivity contribution < 1.29 is 32.6 Å². The van der Waals surface area contributed by atoms with Crippen LogP contribution in [0.15, 0.2) is 46.0 Å². The number of nitrogens with one attached hydrogen (secondary N) is 1. The number of aliphatic imine (C=N–C) groups is 1. The predicted octanol–water partition coefficient (Wildman–Crippen LogP) is 3.37. The summed E-state index contributed by atoms with van der Waals surface area (Å²) >= 11 is 1.31. The van der Waals surface area contributed by atoms with Crippen LogP contribution in [0.4, 0.5) is 13.2 Å². The second-order valence-corrected chi connectivity index (χ2v) is 11.0. The van der Waals surface area contributed by atoms with E-state index >= 15 is 8.78 Å². The summed E-state index contributed by atoms with van der Waals surface area (Å²) in [6.45, 7) is 4.26. The van der Waals surface area contributed by atoms with Gasteiger partial charge in [-0.2, -0.15) is 0 Å². The number of carboxylic acid groups (broad SMARTS) is 1. The number of ether oxygens (including phenoxy) is 1. The van der Waals surface area contributed by atoms with Crippen LogP contribution >= 0.6 is 11.3 Å². The lowest BCUT2D eigenvalue weighted by molar-refractivity contribution is -0.145. The van der Waals surface area contributed by atoms with Crippen LogP contribution in [0.5, 0.6) is 0 Å². The van der Waals surface area contributed by atoms with E-state index < -0.39 is 54.4 Å². The molecule has 0 aliphatic carbocycles. The van der Waals surface area contributed by atoms with Gasteiger partial charge in [0, 0.05) is 36.4 Å². The predicted molar refractivity (Wildman–Crippen MR) is 142 cm³/mol. The fourth-order valence-corrected chi connectivity index (χ4v) is 6.49. The molecule has 0 saturated carbocycles. The lowest BCUT2D eigenvalue weighted by atomic mass is 9.92. The van der Waals surface area contributed by atoms with Crippen LogP contribution in [0, 0.1) is 12.7 Å². The molecule has 214 valence electrons. The van der Waals surface area contributed by atoms with Gasteiger partial charge in [-0.25, -0.2) is 22.9 Å². The summed E-state index contributed by atoms with van der Waals surface area (Å²) in [6.07, 6.45) is 1.94. The number of hydrogen-bond acceptors (Lipinski definition) is 9. The number of carbonyl (C=O) groups is 2. The second kappa shape index (κ2) is 10.9. The lowest BCUT2D eigenvalue weighted by Crippen LogP contribution is -2.51. The molecule has 1 aromatic heterocycles. The lowest BCUT2D eigenvalue weighted by Gasteiger charge is -2.31. The first-order valence-corrected chi connectivity index (χ1v) is 13.9. The van der Waals surface area contributed by atoms with Crippen LogP contribution in [0.2, 0.25) is 0 Å². The van der Waals surface area contributed by atoms with E-state index in [1.165, 1.54) is 35.3 Å². The van der Waals surface area contributed by atoms with E-state index in [-0.39, 0.29) is 25.3 Å². The van der Waals surface area contributed by atoms with Crippen molar-refractivity contribution in [2.75, 3.05) is 26.2 Å². The summed E-state index contributed by atoms with van der Waals surface area (Å²) in [5, 5.41) is 14.9. The number of halogens is 3. The summed E-state index contributed by atoms with van der Waals surface area (Å²) in [5.74, 6) is -5.15. The zero-order chi connectivity index (χ0) is 28.8. The highest BCUT2D eigenvalue weighted by atomic mass is 32.1.